The SMILES string of the molecule is C[C@H](Sc1ccc(S(=O)(=O)N2CCCCC2)cn1)C(=O)N1CCCC1. The summed E-state index contributed by atoms with van der Waals surface area (Å²) in [7, 11) is -3.45. The van der Waals surface area contributed by atoms with Crippen molar-refractivity contribution in [2.24, 2.45) is 0 Å². The lowest BCUT2D eigenvalue weighted by molar-refractivity contribution is -0.129. The number of nitrogens with zero attached hydrogens (tertiary/aromatic N) is 3. The van der Waals surface area contributed by atoms with E-state index in [1.54, 1.807) is 16.4 Å². The Labute approximate surface area is 154 Å². The minimum Gasteiger partial charge on any atom is -0.342 e. The lowest BCUT2D eigenvalue weighted by atomic mass is 10.2. The molecule has 0 saturated carbocycles. The standard InChI is InChI=1S/C17H25N3O3S2/c1-14(17(21)19-9-5-6-10-19)24-16-8-7-15(13-18-16)25(22,23)20-11-3-2-4-12-20/h7-8,13-14H,2-6,9-12H2,1H3/t14-/m0/s1. The molecule has 6 nitrogen and oxygen atoms in total. The number of likely N-dealkylation sites (tertiary alicyclic amines) is 1. The summed E-state index contributed by atoms with van der Waals surface area (Å²) in [6, 6.07) is 3.31. The molecule has 8 heteroatoms. The Morgan fingerprint density at radius 1 is 1.08 bits per heavy atom. The molecule has 0 aliphatic carbocycles. The first-order chi connectivity index (χ1) is 12.0. The van der Waals surface area contributed by atoms with Crippen molar-refractivity contribution in [2.75, 3.05) is 26.2 Å². The second-order valence-corrected chi connectivity index (χ2v) is 9.89. The Kier molecular flexibility index (Phi) is 6.01. The molecule has 0 N–H and O–H groups in total. The van der Waals surface area contributed by atoms with Crippen molar-refractivity contribution in [3.8, 4) is 0 Å². The van der Waals surface area contributed by atoms with Gasteiger partial charge in [0.05, 0.1) is 10.3 Å². The molecule has 3 rings (SSSR count). The normalized spacial score (nSPS) is 20.6. The Morgan fingerprint density at radius 2 is 1.72 bits per heavy atom. The second kappa shape index (κ2) is 8.05. The average molecular weight is 384 g/mol. The molecule has 0 bridgehead atoms. The predicted octanol–water partition coefficient (Wildman–Crippen LogP) is 2.36. The maximum Gasteiger partial charge on any atom is 0.244 e. The van der Waals surface area contributed by atoms with E-state index in [2.05, 4.69) is 4.98 Å². The van der Waals surface area contributed by atoms with E-state index in [-0.39, 0.29) is 16.1 Å². The predicted molar refractivity (Wildman–Crippen MR) is 98.0 cm³/mol. The van der Waals surface area contributed by atoms with Crippen LogP contribution in [0.15, 0.2) is 28.3 Å². The van der Waals surface area contributed by atoms with Gasteiger partial charge < -0.3 is 4.90 Å². The van der Waals surface area contributed by atoms with Crippen molar-refractivity contribution in [1.29, 1.82) is 0 Å². The van der Waals surface area contributed by atoms with Gasteiger partial charge in [-0.3, -0.25) is 4.79 Å². The molecular weight excluding hydrogens is 358 g/mol. The number of sulfonamides is 1. The van der Waals surface area contributed by atoms with E-state index >= 15 is 0 Å². The van der Waals surface area contributed by atoms with Crippen molar-refractivity contribution in [3.63, 3.8) is 0 Å². The smallest absolute Gasteiger partial charge is 0.244 e. The van der Waals surface area contributed by atoms with Crippen molar-refractivity contribution >= 4 is 27.7 Å². The first-order valence-corrected chi connectivity index (χ1v) is 11.2. The fraction of sp³-hybridized carbons (Fsp3) is 0.647. The summed E-state index contributed by atoms with van der Waals surface area (Å²) in [6.07, 6.45) is 6.48. The van der Waals surface area contributed by atoms with Crippen LogP contribution in [-0.4, -0.2) is 59.9 Å². The molecular formula is C17H25N3O3S2. The van der Waals surface area contributed by atoms with Gasteiger partial charge in [0.2, 0.25) is 15.9 Å². The number of rotatable bonds is 5. The van der Waals surface area contributed by atoms with Crippen LogP contribution < -0.4 is 0 Å². The molecule has 1 aromatic heterocycles. The van der Waals surface area contributed by atoms with E-state index in [1.165, 1.54) is 18.0 Å². The molecule has 0 radical (unpaired) electrons. The minimum absolute atomic E-state index is 0.134. The van der Waals surface area contributed by atoms with Crippen molar-refractivity contribution < 1.29 is 13.2 Å². The second-order valence-electron chi connectivity index (χ2n) is 6.59. The third-order valence-corrected chi connectivity index (χ3v) is 7.65. The van der Waals surface area contributed by atoms with Crippen molar-refractivity contribution in [1.82, 2.24) is 14.2 Å². The summed E-state index contributed by atoms with van der Waals surface area (Å²) < 4.78 is 26.8. The average Bonchev–Trinajstić information content (AvgIpc) is 3.17. The maximum absolute atomic E-state index is 12.6. The van der Waals surface area contributed by atoms with Crippen LogP contribution in [-0.2, 0) is 14.8 Å². The summed E-state index contributed by atoms with van der Waals surface area (Å²) >= 11 is 1.38. The van der Waals surface area contributed by atoms with Gasteiger partial charge in [-0.05, 0) is 44.7 Å². The number of piperidine rings is 1. The van der Waals surface area contributed by atoms with E-state index in [0.29, 0.717) is 18.1 Å². The maximum atomic E-state index is 12.6. The third-order valence-electron chi connectivity index (χ3n) is 4.73. The molecule has 0 spiro atoms. The topological polar surface area (TPSA) is 70.6 Å². The number of amides is 1. The number of thioether (sulfide) groups is 1. The lowest BCUT2D eigenvalue weighted by Gasteiger charge is -2.25. The van der Waals surface area contributed by atoms with Gasteiger partial charge in [-0.25, -0.2) is 13.4 Å². The number of pyridine rings is 1. The molecule has 2 aliphatic heterocycles. The molecule has 3 heterocycles. The van der Waals surface area contributed by atoms with Crippen LogP contribution in [0.1, 0.15) is 39.0 Å². The van der Waals surface area contributed by atoms with Crippen LogP contribution in [0.5, 0.6) is 0 Å². The molecule has 0 unspecified atom stereocenters. The van der Waals surface area contributed by atoms with Gasteiger partial charge >= 0.3 is 0 Å². The highest BCUT2D eigenvalue weighted by molar-refractivity contribution is 8.00. The number of carbonyl (C=O) groups excluding carboxylic acids is 1. The fourth-order valence-electron chi connectivity index (χ4n) is 3.27. The van der Waals surface area contributed by atoms with E-state index in [0.717, 1.165) is 45.2 Å². The van der Waals surface area contributed by atoms with Gasteiger partial charge in [0.1, 0.15) is 4.90 Å². The molecule has 1 aromatic rings. The van der Waals surface area contributed by atoms with Crippen LogP contribution in [0.3, 0.4) is 0 Å². The van der Waals surface area contributed by atoms with Gasteiger partial charge in [-0.1, -0.05) is 18.2 Å². The largest absolute Gasteiger partial charge is 0.342 e. The first kappa shape index (κ1) is 18.7. The van der Waals surface area contributed by atoms with E-state index in [1.807, 2.05) is 11.8 Å². The Balaban J connectivity index is 1.64. The Bertz CT molecular complexity index is 694. The summed E-state index contributed by atoms with van der Waals surface area (Å²) in [4.78, 5) is 18.8. The molecule has 25 heavy (non-hydrogen) atoms. The summed E-state index contributed by atoms with van der Waals surface area (Å²) in [5, 5.41) is 0.466. The van der Waals surface area contributed by atoms with Crippen LogP contribution in [0.25, 0.3) is 0 Å². The van der Waals surface area contributed by atoms with Gasteiger partial charge in [0.15, 0.2) is 0 Å². The van der Waals surface area contributed by atoms with Crippen molar-refractivity contribution in [2.45, 2.75) is 54.2 Å². The molecule has 1 atom stereocenters. The van der Waals surface area contributed by atoms with Gasteiger partial charge in [0, 0.05) is 32.4 Å². The highest BCUT2D eigenvalue weighted by Gasteiger charge is 2.27. The third kappa shape index (κ3) is 4.35. The van der Waals surface area contributed by atoms with E-state index < -0.39 is 10.0 Å². The highest BCUT2D eigenvalue weighted by atomic mass is 32.2. The van der Waals surface area contributed by atoms with Crippen LogP contribution in [0, 0.1) is 0 Å². The summed E-state index contributed by atoms with van der Waals surface area (Å²) in [5.41, 5.74) is 0. The van der Waals surface area contributed by atoms with E-state index in [4.69, 9.17) is 0 Å². The zero-order valence-corrected chi connectivity index (χ0v) is 16.2. The Hall–Kier alpha value is -1.12. The monoisotopic (exact) mass is 383 g/mol. The van der Waals surface area contributed by atoms with Gasteiger partial charge in [0.25, 0.3) is 0 Å². The molecule has 2 fully saturated rings. The van der Waals surface area contributed by atoms with Crippen LogP contribution >= 0.6 is 11.8 Å². The molecule has 2 saturated heterocycles. The van der Waals surface area contributed by atoms with Gasteiger partial charge in [-0.15, -0.1) is 0 Å². The lowest BCUT2D eigenvalue weighted by Crippen LogP contribution is -2.35. The fourth-order valence-corrected chi connectivity index (χ4v) is 5.60. The Morgan fingerprint density at radius 3 is 2.32 bits per heavy atom. The molecule has 138 valence electrons. The zero-order valence-electron chi connectivity index (χ0n) is 14.6. The van der Waals surface area contributed by atoms with Crippen molar-refractivity contribution in [3.05, 3.63) is 18.3 Å². The quantitative estimate of drug-likeness (QED) is 0.730. The van der Waals surface area contributed by atoms with E-state index in [9.17, 15) is 13.2 Å². The number of hydrogen-bond donors (Lipinski definition) is 0. The number of carbonyl (C=O) groups is 1. The minimum atomic E-state index is -3.45. The summed E-state index contributed by atoms with van der Waals surface area (Å²) in [6.45, 7) is 4.72. The van der Waals surface area contributed by atoms with Gasteiger partial charge in [-0.2, -0.15) is 4.31 Å². The molecule has 1 amide bonds. The first-order valence-electron chi connectivity index (χ1n) is 8.90. The zero-order chi connectivity index (χ0) is 17.9. The molecule has 2 aliphatic rings. The number of aromatic nitrogens is 1. The number of hydrogen-bond acceptors (Lipinski definition) is 5. The molecule has 0 aromatic carbocycles. The summed E-state index contributed by atoms with van der Waals surface area (Å²) in [5.74, 6) is 0.134. The van der Waals surface area contributed by atoms with Crippen LogP contribution in [0.2, 0.25) is 0 Å². The highest BCUT2D eigenvalue weighted by Crippen LogP contribution is 2.26. The van der Waals surface area contributed by atoms with Crippen LogP contribution in [0.4, 0.5) is 0 Å².